The second-order valence-electron chi connectivity index (χ2n) is 7.07. The fourth-order valence-corrected chi connectivity index (χ4v) is 3.62. The molecule has 128 valence electrons. The van der Waals surface area contributed by atoms with E-state index in [2.05, 4.69) is 24.9 Å². The van der Waals surface area contributed by atoms with Gasteiger partial charge in [0, 0.05) is 11.9 Å². The van der Waals surface area contributed by atoms with Gasteiger partial charge in [-0.2, -0.15) is 0 Å². The molecule has 0 N–H and O–H groups in total. The number of pyridine rings is 1. The van der Waals surface area contributed by atoms with E-state index in [0.29, 0.717) is 5.92 Å². The largest absolute Gasteiger partial charge is 0.238 e. The van der Waals surface area contributed by atoms with E-state index in [4.69, 9.17) is 4.99 Å². The summed E-state index contributed by atoms with van der Waals surface area (Å²) in [6.07, 6.45) is 18.1. The number of aromatic nitrogens is 1. The Hall–Kier alpha value is -1.18. The van der Waals surface area contributed by atoms with Gasteiger partial charge in [0.15, 0.2) is 5.82 Å². The van der Waals surface area contributed by atoms with E-state index in [0.717, 1.165) is 12.2 Å². The highest BCUT2D eigenvalue weighted by Crippen LogP contribution is 2.24. The molecule has 1 aliphatic rings. The van der Waals surface area contributed by atoms with E-state index in [1.165, 1.54) is 81.9 Å². The highest BCUT2D eigenvalue weighted by Gasteiger charge is 2.15. The Kier molecular flexibility index (Phi) is 8.35. The van der Waals surface area contributed by atoms with Crippen LogP contribution >= 0.6 is 0 Å². The third kappa shape index (κ3) is 6.45. The first-order valence-corrected chi connectivity index (χ1v) is 9.80. The molecule has 1 saturated carbocycles. The molecule has 1 fully saturated rings. The molecule has 0 spiro atoms. The predicted molar refractivity (Wildman–Crippen MR) is 101 cm³/mol. The van der Waals surface area contributed by atoms with Gasteiger partial charge in [-0.1, -0.05) is 64.4 Å². The van der Waals surface area contributed by atoms with Gasteiger partial charge in [0.1, 0.15) is 0 Å². The number of rotatable bonds is 2. The summed E-state index contributed by atoms with van der Waals surface area (Å²) in [7, 11) is 0. The van der Waals surface area contributed by atoms with Crippen LogP contribution in [0.5, 0.6) is 0 Å². The first kappa shape index (κ1) is 18.2. The smallest absolute Gasteiger partial charge is 0.154 e. The average Bonchev–Trinajstić information content (AvgIpc) is 2.58. The van der Waals surface area contributed by atoms with Crippen LogP contribution in [0.1, 0.15) is 89.5 Å². The molecule has 0 amide bonds. The third-order valence-electron chi connectivity index (χ3n) is 5.18. The van der Waals surface area contributed by atoms with Crippen LogP contribution in [-0.4, -0.2) is 10.7 Å². The SMILES string of the molecule is CCC1CCCCCCCCCCC/C1=N\c1ncccc1C. The molecule has 0 saturated heterocycles. The molecule has 1 atom stereocenters. The van der Waals surface area contributed by atoms with Crippen molar-refractivity contribution in [1.82, 2.24) is 4.98 Å². The van der Waals surface area contributed by atoms with E-state index >= 15 is 0 Å². The summed E-state index contributed by atoms with van der Waals surface area (Å²) in [6.45, 7) is 4.44. The molecule has 0 aromatic carbocycles. The molecule has 1 unspecified atom stereocenters. The van der Waals surface area contributed by atoms with Crippen LogP contribution in [0.15, 0.2) is 23.3 Å². The van der Waals surface area contributed by atoms with Crippen LogP contribution in [0.4, 0.5) is 5.82 Å². The Morgan fingerprint density at radius 3 is 2.30 bits per heavy atom. The zero-order chi connectivity index (χ0) is 16.3. The Morgan fingerprint density at radius 2 is 1.65 bits per heavy atom. The topological polar surface area (TPSA) is 25.2 Å². The van der Waals surface area contributed by atoms with Gasteiger partial charge in [0.05, 0.1) is 0 Å². The first-order chi connectivity index (χ1) is 11.3. The Morgan fingerprint density at radius 1 is 1.00 bits per heavy atom. The third-order valence-corrected chi connectivity index (χ3v) is 5.18. The van der Waals surface area contributed by atoms with Crippen molar-refractivity contribution in [3.05, 3.63) is 23.9 Å². The van der Waals surface area contributed by atoms with Crippen LogP contribution in [0.2, 0.25) is 0 Å². The summed E-state index contributed by atoms with van der Waals surface area (Å²) in [6, 6.07) is 4.12. The van der Waals surface area contributed by atoms with Gasteiger partial charge in [-0.25, -0.2) is 9.98 Å². The Bertz CT molecular complexity index is 478. The van der Waals surface area contributed by atoms with E-state index in [9.17, 15) is 0 Å². The van der Waals surface area contributed by atoms with E-state index < -0.39 is 0 Å². The molecule has 0 radical (unpaired) electrons. The fourth-order valence-electron chi connectivity index (χ4n) is 3.62. The van der Waals surface area contributed by atoms with Gasteiger partial charge in [-0.05, 0) is 50.2 Å². The van der Waals surface area contributed by atoms with Crippen molar-refractivity contribution in [3.63, 3.8) is 0 Å². The highest BCUT2D eigenvalue weighted by atomic mass is 14.9. The number of nitrogens with zero attached hydrogens (tertiary/aromatic N) is 2. The zero-order valence-corrected chi connectivity index (χ0v) is 15.2. The highest BCUT2D eigenvalue weighted by molar-refractivity contribution is 5.88. The lowest BCUT2D eigenvalue weighted by Gasteiger charge is -2.18. The van der Waals surface area contributed by atoms with E-state index in [-0.39, 0.29) is 0 Å². The van der Waals surface area contributed by atoms with Crippen molar-refractivity contribution in [2.45, 2.75) is 90.9 Å². The van der Waals surface area contributed by atoms with Crippen molar-refractivity contribution in [3.8, 4) is 0 Å². The van der Waals surface area contributed by atoms with Gasteiger partial charge >= 0.3 is 0 Å². The lowest BCUT2D eigenvalue weighted by Crippen LogP contribution is -2.14. The van der Waals surface area contributed by atoms with Crippen LogP contribution in [0.25, 0.3) is 0 Å². The second kappa shape index (κ2) is 10.6. The normalized spacial score (nSPS) is 23.7. The molecule has 2 heteroatoms. The number of hydrogen-bond donors (Lipinski definition) is 0. The molecule has 23 heavy (non-hydrogen) atoms. The lowest BCUT2D eigenvalue weighted by atomic mass is 9.90. The summed E-state index contributed by atoms with van der Waals surface area (Å²) in [5, 5.41) is 0. The summed E-state index contributed by atoms with van der Waals surface area (Å²) >= 11 is 0. The van der Waals surface area contributed by atoms with Crippen LogP contribution in [0.3, 0.4) is 0 Å². The van der Waals surface area contributed by atoms with Crippen LogP contribution < -0.4 is 0 Å². The molecule has 0 bridgehead atoms. The Labute approximate surface area is 142 Å². The van der Waals surface area contributed by atoms with Crippen LogP contribution in [0, 0.1) is 12.8 Å². The Balaban J connectivity index is 2.13. The summed E-state index contributed by atoms with van der Waals surface area (Å²) in [5.41, 5.74) is 2.60. The molecule has 1 aromatic rings. The second-order valence-corrected chi connectivity index (χ2v) is 7.07. The van der Waals surface area contributed by atoms with Crippen molar-refractivity contribution in [2.75, 3.05) is 0 Å². The monoisotopic (exact) mass is 314 g/mol. The minimum absolute atomic E-state index is 0.650. The number of hydrogen-bond acceptors (Lipinski definition) is 2. The average molecular weight is 315 g/mol. The van der Waals surface area contributed by atoms with Crippen molar-refractivity contribution in [1.29, 1.82) is 0 Å². The standard InChI is InChI=1S/C21H34N2/c1-3-19-15-11-9-7-5-4-6-8-10-12-16-20(19)23-21-18(2)14-13-17-22-21/h13-14,17,19H,3-12,15-16H2,1-2H3/b23-20+. The van der Waals surface area contributed by atoms with Gasteiger partial charge in [-0.15, -0.1) is 0 Å². The van der Waals surface area contributed by atoms with Gasteiger partial charge in [0.2, 0.25) is 0 Å². The zero-order valence-electron chi connectivity index (χ0n) is 15.2. The predicted octanol–water partition coefficient (Wildman–Crippen LogP) is 6.79. The minimum Gasteiger partial charge on any atom is -0.238 e. The van der Waals surface area contributed by atoms with E-state index in [1.807, 2.05) is 12.3 Å². The summed E-state index contributed by atoms with van der Waals surface area (Å²) < 4.78 is 0. The number of aryl methyl sites for hydroxylation is 1. The number of aliphatic imine (C=N–C) groups is 1. The van der Waals surface area contributed by atoms with E-state index in [1.54, 1.807) is 0 Å². The molecular weight excluding hydrogens is 280 g/mol. The minimum atomic E-state index is 0.650. The van der Waals surface area contributed by atoms with Gasteiger partial charge in [-0.3, -0.25) is 0 Å². The van der Waals surface area contributed by atoms with Crippen LogP contribution in [-0.2, 0) is 0 Å². The maximum atomic E-state index is 5.03. The van der Waals surface area contributed by atoms with Crippen molar-refractivity contribution in [2.24, 2.45) is 10.9 Å². The van der Waals surface area contributed by atoms with Crippen molar-refractivity contribution >= 4 is 11.5 Å². The van der Waals surface area contributed by atoms with Crippen molar-refractivity contribution < 1.29 is 0 Å². The quantitative estimate of drug-likeness (QED) is 0.589. The van der Waals surface area contributed by atoms with Gasteiger partial charge < -0.3 is 0 Å². The molecule has 2 rings (SSSR count). The molecule has 0 aliphatic heterocycles. The summed E-state index contributed by atoms with van der Waals surface area (Å²) in [4.78, 5) is 9.52. The fraction of sp³-hybridized carbons (Fsp3) is 0.714. The molecular formula is C21H34N2. The lowest BCUT2D eigenvalue weighted by molar-refractivity contribution is 0.522. The maximum Gasteiger partial charge on any atom is 0.154 e. The molecule has 2 nitrogen and oxygen atoms in total. The maximum absolute atomic E-state index is 5.03. The molecule has 1 heterocycles. The van der Waals surface area contributed by atoms with Gasteiger partial charge in [0.25, 0.3) is 0 Å². The molecule has 1 aromatic heterocycles. The first-order valence-electron chi connectivity index (χ1n) is 9.80. The molecule has 1 aliphatic carbocycles. The summed E-state index contributed by atoms with van der Waals surface area (Å²) in [5.74, 6) is 1.59.